The predicted molar refractivity (Wildman–Crippen MR) is 119 cm³/mol. The number of carbonyl (C=O) groups is 1. The SMILES string of the molecule is COc1ccc(Cl)c2sc(N(CCCN(C)C)C(=O)c3ccnn3C(C)C)nc12. The molecule has 156 valence electrons. The zero-order chi connectivity index (χ0) is 21.1. The number of carbonyl (C=O) groups excluding carboxylic acids is 1. The highest BCUT2D eigenvalue weighted by Gasteiger charge is 2.26. The molecule has 3 rings (SSSR count). The highest BCUT2D eigenvalue weighted by Crippen LogP contribution is 2.39. The van der Waals surface area contributed by atoms with E-state index in [4.69, 9.17) is 21.3 Å². The first-order valence-electron chi connectivity index (χ1n) is 9.46. The van der Waals surface area contributed by atoms with Crippen LogP contribution in [0.1, 0.15) is 36.8 Å². The lowest BCUT2D eigenvalue weighted by Crippen LogP contribution is -2.35. The second-order valence-corrected chi connectivity index (χ2v) is 8.68. The molecule has 0 aliphatic carbocycles. The van der Waals surface area contributed by atoms with Gasteiger partial charge in [-0.2, -0.15) is 5.10 Å². The number of aromatic nitrogens is 3. The molecule has 2 heterocycles. The van der Waals surface area contributed by atoms with Crippen LogP contribution >= 0.6 is 22.9 Å². The molecular formula is C20H26ClN5O2S. The molecule has 1 amide bonds. The van der Waals surface area contributed by atoms with E-state index < -0.39 is 0 Å². The van der Waals surface area contributed by atoms with E-state index in [9.17, 15) is 4.79 Å². The summed E-state index contributed by atoms with van der Waals surface area (Å²) in [5.41, 5.74) is 1.21. The first-order valence-corrected chi connectivity index (χ1v) is 10.7. The smallest absolute Gasteiger partial charge is 0.278 e. The number of thiazole rings is 1. The number of halogens is 1. The Hall–Kier alpha value is -2.16. The van der Waals surface area contributed by atoms with Gasteiger partial charge in [-0.1, -0.05) is 22.9 Å². The van der Waals surface area contributed by atoms with Gasteiger partial charge >= 0.3 is 0 Å². The zero-order valence-corrected chi connectivity index (χ0v) is 18.9. The largest absolute Gasteiger partial charge is 0.494 e. The number of anilines is 1. The molecule has 0 N–H and O–H groups in total. The van der Waals surface area contributed by atoms with Crippen molar-refractivity contribution in [2.75, 3.05) is 39.2 Å². The third-order valence-electron chi connectivity index (χ3n) is 4.51. The second-order valence-electron chi connectivity index (χ2n) is 7.29. The van der Waals surface area contributed by atoms with Crippen molar-refractivity contribution in [1.82, 2.24) is 19.7 Å². The van der Waals surface area contributed by atoms with Gasteiger partial charge in [0.2, 0.25) is 0 Å². The minimum atomic E-state index is -0.121. The lowest BCUT2D eigenvalue weighted by atomic mass is 10.3. The highest BCUT2D eigenvalue weighted by atomic mass is 35.5. The lowest BCUT2D eigenvalue weighted by Gasteiger charge is -2.22. The van der Waals surface area contributed by atoms with Crippen LogP contribution in [-0.2, 0) is 0 Å². The molecule has 9 heteroatoms. The summed E-state index contributed by atoms with van der Waals surface area (Å²) in [6.07, 6.45) is 2.47. The molecule has 29 heavy (non-hydrogen) atoms. The van der Waals surface area contributed by atoms with Crippen molar-refractivity contribution < 1.29 is 9.53 Å². The van der Waals surface area contributed by atoms with Crippen LogP contribution in [0.3, 0.4) is 0 Å². The highest BCUT2D eigenvalue weighted by molar-refractivity contribution is 7.23. The van der Waals surface area contributed by atoms with Gasteiger partial charge in [0.25, 0.3) is 5.91 Å². The Morgan fingerprint density at radius 3 is 2.69 bits per heavy atom. The maximum absolute atomic E-state index is 13.5. The number of ether oxygens (including phenoxy) is 1. The van der Waals surface area contributed by atoms with Crippen LogP contribution in [-0.4, -0.2) is 59.9 Å². The number of nitrogens with zero attached hydrogens (tertiary/aromatic N) is 5. The first kappa shape index (κ1) is 21.5. The Morgan fingerprint density at radius 1 is 1.28 bits per heavy atom. The van der Waals surface area contributed by atoms with Crippen molar-refractivity contribution in [2.45, 2.75) is 26.3 Å². The summed E-state index contributed by atoms with van der Waals surface area (Å²) in [5, 5.41) is 5.51. The average molecular weight is 436 g/mol. The zero-order valence-electron chi connectivity index (χ0n) is 17.3. The van der Waals surface area contributed by atoms with Crippen LogP contribution in [0.4, 0.5) is 5.13 Å². The van der Waals surface area contributed by atoms with Crippen molar-refractivity contribution in [3.8, 4) is 5.75 Å². The monoisotopic (exact) mass is 435 g/mol. The fourth-order valence-electron chi connectivity index (χ4n) is 3.08. The van der Waals surface area contributed by atoms with Crippen molar-refractivity contribution in [3.05, 3.63) is 35.1 Å². The van der Waals surface area contributed by atoms with Crippen molar-refractivity contribution in [2.24, 2.45) is 0 Å². The molecule has 0 aliphatic rings. The number of benzene rings is 1. The number of methoxy groups -OCH3 is 1. The normalized spacial score (nSPS) is 11.6. The van der Waals surface area contributed by atoms with E-state index in [1.807, 2.05) is 27.9 Å². The molecule has 7 nitrogen and oxygen atoms in total. The van der Waals surface area contributed by atoms with E-state index in [2.05, 4.69) is 10.00 Å². The van der Waals surface area contributed by atoms with Gasteiger partial charge in [0.15, 0.2) is 5.13 Å². The van der Waals surface area contributed by atoms with Crippen LogP contribution in [0.15, 0.2) is 24.4 Å². The number of amides is 1. The molecule has 0 saturated carbocycles. The van der Waals surface area contributed by atoms with Crippen LogP contribution in [0.25, 0.3) is 10.2 Å². The molecule has 0 saturated heterocycles. The fourth-order valence-corrected chi connectivity index (χ4v) is 4.36. The summed E-state index contributed by atoms with van der Waals surface area (Å²) in [5.74, 6) is 0.518. The third kappa shape index (κ3) is 4.55. The van der Waals surface area contributed by atoms with E-state index in [1.165, 1.54) is 11.3 Å². The number of fused-ring (bicyclic) bond motifs is 1. The second kappa shape index (κ2) is 9.11. The quantitative estimate of drug-likeness (QED) is 0.526. The molecule has 0 bridgehead atoms. The van der Waals surface area contributed by atoms with E-state index >= 15 is 0 Å². The summed E-state index contributed by atoms with van der Waals surface area (Å²) in [6, 6.07) is 5.41. The fraction of sp³-hybridized carbons (Fsp3) is 0.450. The summed E-state index contributed by atoms with van der Waals surface area (Å²) in [6.45, 7) is 5.41. The number of rotatable bonds is 8. The van der Waals surface area contributed by atoms with E-state index in [0.717, 1.165) is 17.7 Å². The van der Waals surface area contributed by atoms with Crippen molar-refractivity contribution in [3.63, 3.8) is 0 Å². The van der Waals surface area contributed by atoms with Gasteiger partial charge in [0, 0.05) is 18.8 Å². The van der Waals surface area contributed by atoms with Crippen LogP contribution in [0, 0.1) is 0 Å². The predicted octanol–water partition coefficient (Wildman–Crippen LogP) is 4.33. The summed E-state index contributed by atoms with van der Waals surface area (Å²) >= 11 is 7.79. The Balaban J connectivity index is 2.03. The van der Waals surface area contributed by atoms with Gasteiger partial charge in [0.05, 0.1) is 16.8 Å². The maximum atomic E-state index is 13.5. The van der Waals surface area contributed by atoms with Gasteiger partial charge in [0.1, 0.15) is 17.0 Å². The van der Waals surface area contributed by atoms with Crippen molar-refractivity contribution in [1.29, 1.82) is 0 Å². The molecule has 1 aromatic carbocycles. The Labute approximate surface area is 179 Å². The Bertz CT molecular complexity index is 998. The molecule has 2 aromatic heterocycles. The minimum absolute atomic E-state index is 0.0810. The van der Waals surface area contributed by atoms with Gasteiger partial charge in [-0.3, -0.25) is 14.4 Å². The first-order chi connectivity index (χ1) is 13.8. The third-order valence-corrected chi connectivity index (χ3v) is 6.05. The Morgan fingerprint density at radius 2 is 2.03 bits per heavy atom. The standard InChI is InChI=1S/C20H26ClN5O2S/c1-13(2)26-15(9-10-22-26)19(27)25(12-6-11-24(3)4)20-23-17-16(28-5)8-7-14(21)18(17)29-20/h7-10,13H,6,11-12H2,1-5H3. The number of hydrogen-bond donors (Lipinski definition) is 0. The van der Waals surface area contributed by atoms with Gasteiger partial charge in [-0.05, 0) is 59.1 Å². The lowest BCUT2D eigenvalue weighted by molar-refractivity contribution is 0.0974. The number of hydrogen-bond acceptors (Lipinski definition) is 6. The Kier molecular flexibility index (Phi) is 6.77. The van der Waals surface area contributed by atoms with Crippen LogP contribution < -0.4 is 9.64 Å². The molecule has 0 fully saturated rings. The minimum Gasteiger partial charge on any atom is -0.494 e. The molecule has 0 atom stereocenters. The molecular weight excluding hydrogens is 410 g/mol. The molecule has 0 radical (unpaired) electrons. The van der Waals surface area contributed by atoms with Gasteiger partial charge < -0.3 is 9.64 Å². The molecule has 3 aromatic rings. The van der Waals surface area contributed by atoms with Crippen LogP contribution in [0.2, 0.25) is 5.02 Å². The summed E-state index contributed by atoms with van der Waals surface area (Å²) in [7, 11) is 5.63. The van der Waals surface area contributed by atoms with Gasteiger partial charge in [-0.25, -0.2) is 4.98 Å². The van der Waals surface area contributed by atoms with E-state index in [0.29, 0.717) is 33.7 Å². The molecule has 0 spiro atoms. The maximum Gasteiger partial charge on any atom is 0.278 e. The van der Waals surface area contributed by atoms with Gasteiger partial charge in [-0.15, -0.1) is 0 Å². The van der Waals surface area contributed by atoms with Crippen molar-refractivity contribution >= 4 is 44.2 Å². The van der Waals surface area contributed by atoms with E-state index in [1.54, 1.807) is 41.1 Å². The topological polar surface area (TPSA) is 63.5 Å². The summed E-state index contributed by atoms with van der Waals surface area (Å²) < 4.78 is 7.98. The van der Waals surface area contributed by atoms with E-state index in [-0.39, 0.29) is 11.9 Å². The summed E-state index contributed by atoms with van der Waals surface area (Å²) in [4.78, 5) is 22.0. The molecule has 0 unspecified atom stereocenters. The molecule has 0 aliphatic heterocycles. The van der Waals surface area contributed by atoms with Crippen LogP contribution in [0.5, 0.6) is 5.75 Å². The average Bonchev–Trinajstić information content (AvgIpc) is 3.32.